The van der Waals surface area contributed by atoms with Crippen LogP contribution in [-0.4, -0.2) is 80.1 Å². The number of aliphatic carboxylic acids is 1. The number of hydrogen-bond donors (Lipinski definition) is 2. The molecule has 2 aliphatic carbocycles. The van der Waals surface area contributed by atoms with Crippen LogP contribution >= 0.6 is 55.1 Å². The number of nitrogens with zero attached hydrogens (tertiary/aromatic N) is 2. The lowest BCUT2D eigenvalue weighted by molar-refractivity contribution is -0.141. The number of ether oxygens (including phenoxy) is 1. The summed E-state index contributed by atoms with van der Waals surface area (Å²) in [4.78, 5) is 63.7. The van der Waals surface area contributed by atoms with Crippen molar-refractivity contribution in [1.82, 2.24) is 9.80 Å². The minimum Gasteiger partial charge on any atom is -0.503 e. The number of hydrogen-bond acceptors (Lipinski definition) is 7. The molecule has 0 bridgehead atoms. The number of benzene rings is 1. The zero-order valence-electron chi connectivity index (χ0n) is 22.7. The van der Waals surface area contributed by atoms with E-state index in [4.69, 9.17) is 33.0 Å². The molecule has 4 aliphatic rings. The number of carboxylic acids is 1. The van der Waals surface area contributed by atoms with Gasteiger partial charge >= 0.3 is 5.97 Å². The summed E-state index contributed by atoms with van der Waals surface area (Å²) in [6.45, 7) is 0.162. The zero-order valence-corrected chi connectivity index (χ0v) is 27.3. The third kappa shape index (κ3) is 4.34. The molecule has 0 spiro atoms. The summed E-state index contributed by atoms with van der Waals surface area (Å²) >= 11 is 21.3. The average molecular weight is 751 g/mol. The Balaban J connectivity index is 1.59. The maximum atomic E-state index is 13.8. The van der Waals surface area contributed by atoms with Gasteiger partial charge in [0, 0.05) is 30.4 Å². The van der Waals surface area contributed by atoms with Gasteiger partial charge in [-0.25, -0.2) is 0 Å². The fourth-order valence-corrected chi connectivity index (χ4v) is 9.04. The van der Waals surface area contributed by atoms with E-state index in [9.17, 15) is 29.1 Å². The van der Waals surface area contributed by atoms with Crippen molar-refractivity contribution in [1.29, 1.82) is 0 Å². The number of carboxylic acid groups (broad SMARTS) is 1. The Kier molecular flexibility index (Phi) is 8.26. The Hall–Kier alpha value is -2.15. The Morgan fingerprint density at radius 2 is 1.76 bits per heavy atom. The van der Waals surface area contributed by atoms with Gasteiger partial charge in [0.25, 0.3) is 11.8 Å². The normalized spacial score (nSPS) is 32.1. The van der Waals surface area contributed by atoms with Crippen LogP contribution in [0.2, 0.25) is 0 Å². The lowest BCUT2D eigenvalue weighted by atomic mass is 9.56. The number of fused-ring (bicyclic) bond motifs is 4. The van der Waals surface area contributed by atoms with Crippen molar-refractivity contribution in [3.63, 3.8) is 0 Å². The summed E-state index contributed by atoms with van der Waals surface area (Å²) in [5, 5.41) is 19.5. The van der Waals surface area contributed by atoms with E-state index in [1.807, 2.05) is 6.08 Å². The van der Waals surface area contributed by atoms with Gasteiger partial charge in [-0.1, -0.05) is 18.1 Å². The fraction of sp³-hybridized carbons (Fsp3) is 0.536. The number of allylic oxidation sites excluding steroid dienone is 2. The van der Waals surface area contributed by atoms with Crippen molar-refractivity contribution >= 4 is 84.7 Å². The maximum absolute atomic E-state index is 13.8. The molecule has 2 heterocycles. The number of aromatic hydroxyl groups is 1. The molecule has 1 aromatic rings. The Labute approximate surface area is 268 Å². The number of unbranched alkanes of at least 4 members (excludes halogenated alkanes) is 2. The van der Waals surface area contributed by atoms with Crippen LogP contribution in [0.15, 0.2) is 26.7 Å². The van der Waals surface area contributed by atoms with Crippen LogP contribution in [-0.2, 0) is 24.0 Å². The molecule has 4 amide bonds. The molecule has 6 atom stereocenters. The number of halogens is 4. The summed E-state index contributed by atoms with van der Waals surface area (Å²) in [6, 6.07) is 1.52. The van der Waals surface area contributed by atoms with Crippen LogP contribution in [0.1, 0.15) is 50.0 Å². The maximum Gasteiger partial charge on any atom is 0.303 e. The van der Waals surface area contributed by atoms with E-state index in [2.05, 4.69) is 31.9 Å². The monoisotopic (exact) mass is 748 g/mol. The van der Waals surface area contributed by atoms with Crippen molar-refractivity contribution in [3.8, 4) is 11.5 Å². The van der Waals surface area contributed by atoms with Crippen LogP contribution in [0, 0.1) is 17.8 Å². The Morgan fingerprint density at radius 1 is 1.07 bits per heavy atom. The van der Waals surface area contributed by atoms with Gasteiger partial charge in [-0.3, -0.25) is 33.8 Å². The number of imide groups is 2. The quantitative estimate of drug-likeness (QED) is 0.171. The standard InChI is InChI=1S/C28H28Br2Cl2N2O8/c1-33-25(40)27(31)11-15-12(7-8-13-18(15)24(39)34(23(13)38)9-5-3-4-6-17(35)36)19(28(27,32)26(33)41)14-10-16(42-2)22(37)21(30)20(14)29/h7,10,13,15,18-19,37H,3-6,8-9,11H2,1-2H3,(H,35,36). The molecule has 10 nitrogen and oxygen atoms in total. The topological polar surface area (TPSA) is 142 Å². The van der Waals surface area contributed by atoms with Gasteiger partial charge in [-0.2, -0.15) is 0 Å². The van der Waals surface area contributed by atoms with Crippen LogP contribution < -0.4 is 4.74 Å². The smallest absolute Gasteiger partial charge is 0.303 e. The molecule has 0 aromatic heterocycles. The molecule has 1 aromatic carbocycles. The van der Waals surface area contributed by atoms with Gasteiger partial charge in [-0.15, -0.1) is 23.2 Å². The number of amides is 4. The highest BCUT2D eigenvalue weighted by molar-refractivity contribution is 9.13. The summed E-state index contributed by atoms with van der Waals surface area (Å²) in [7, 11) is 2.68. The first-order chi connectivity index (χ1) is 19.7. The molecule has 2 N–H and O–H groups in total. The van der Waals surface area contributed by atoms with Gasteiger partial charge in [-0.05, 0) is 75.1 Å². The number of phenols is 1. The molecule has 1 saturated carbocycles. The third-order valence-corrected chi connectivity index (χ3v) is 12.7. The summed E-state index contributed by atoms with van der Waals surface area (Å²) < 4.78 is 5.97. The third-order valence-electron chi connectivity index (χ3n) is 9.08. The Morgan fingerprint density at radius 3 is 2.40 bits per heavy atom. The average Bonchev–Trinajstić information content (AvgIpc) is 3.26. The first-order valence-corrected chi connectivity index (χ1v) is 15.8. The van der Waals surface area contributed by atoms with Gasteiger partial charge < -0.3 is 14.9 Å². The van der Waals surface area contributed by atoms with Crippen LogP contribution in [0.5, 0.6) is 11.5 Å². The van der Waals surface area contributed by atoms with E-state index >= 15 is 0 Å². The van der Waals surface area contributed by atoms with Gasteiger partial charge in [0.05, 0.1) is 23.4 Å². The van der Waals surface area contributed by atoms with Gasteiger partial charge in [0.15, 0.2) is 21.2 Å². The highest BCUT2D eigenvalue weighted by atomic mass is 79.9. The fourth-order valence-electron chi connectivity index (χ4n) is 7.08. The number of carbonyl (C=O) groups excluding carboxylic acids is 4. The minimum absolute atomic E-state index is 0.0107. The number of alkyl halides is 2. The van der Waals surface area contributed by atoms with Crippen LogP contribution in [0.25, 0.3) is 0 Å². The molecule has 0 radical (unpaired) electrons. The van der Waals surface area contributed by atoms with E-state index in [1.165, 1.54) is 25.1 Å². The first-order valence-electron chi connectivity index (χ1n) is 13.4. The predicted molar refractivity (Wildman–Crippen MR) is 158 cm³/mol. The zero-order chi connectivity index (χ0) is 30.9. The van der Waals surface area contributed by atoms with Crippen molar-refractivity contribution < 1.29 is 38.9 Å². The highest BCUT2D eigenvalue weighted by Crippen LogP contribution is 2.66. The number of likely N-dealkylation sites (tertiary alicyclic amines) is 2. The van der Waals surface area contributed by atoms with Crippen molar-refractivity contribution in [2.45, 2.75) is 54.2 Å². The number of phenolic OH excluding ortho intramolecular Hbond substituents is 1. The summed E-state index contributed by atoms with van der Waals surface area (Å²) in [5.41, 5.74) is 1.03. The summed E-state index contributed by atoms with van der Waals surface area (Å²) in [5.74, 6) is -6.27. The highest BCUT2D eigenvalue weighted by Gasteiger charge is 2.76. The Bertz CT molecular complexity index is 1450. The molecule has 42 heavy (non-hydrogen) atoms. The first kappa shape index (κ1) is 31.3. The molecule has 2 saturated heterocycles. The van der Waals surface area contributed by atoms with Crippen LogP contribution in [0.3, 0.4) is 0 Å². The number of rotatable bonds is 8. The largest absolute Gasteiger partial charge is 0.503 e. The lowest BCUT2D eigenvalue weighted by Crippen LogP contribution is -2.60. The van der Waals surface area contributed by atoms with Gasteiger partial charge in [0.2, 0.25) is 11.8 Å². The molecular formula is C28H28Br2Cl2N2O8. The minimum atomic E-state index is -1.98. The van der Waals surface area contributed by atoms with Crippen LogP contribution in [0.4, 0.5) is 0 Å². The van der Waals surface area contributed by atoms with Crippen molar-refractivity contribution in [2.24, 2.45) is 17.8 Å². The lowest BCUT2D eigenvalue weighted by Gasteiger charge is -2.51. The predicted octanol–water partition coefficient (Wildman–Crippen LogP) is 4.56. The second-order valence-corrected chi connectivity index (χ2v) is 14.0. The van der Waals surface area contributed by atoms with E-state index < -0.39 is 51.2 Å². The van der Waals surface area contributed by atoms with E-state index in [-0.39, 0.29) is 53.6 Å². The van der Waals surface area contributed by atoms with Crippen molar-refractivity contribution in [2.75, 3.05) is 20.7 Å². The molecule has 6 unspecified atom stereocenters. The van der Waals surface area contributed by atoms with Gasteiger partial charge in [0.1, 0.15) is 0 Å². The molecule has 3 fully saturated rings. The molecule has 14 heteroatoms. The molecule has 2 aliphatic heterocycles. The van der Waals surface area contributed by atoms with E-state index in [0.29, 0.717) is 34.9 Å². The van der Waals surface area contributed by atoms with E-state index in [0.717, 1.165) is 4.90 Å². The van der Waals surface area contributed by atoms with E-state index in [1.54, 1.807) is 0 Å². The molecular weight excluding hydrogens is 723 g/mol. The number of methoxy groups -OCH3 is 1. The summed E-state index contributed by atoms with van der Waals surface area (Å²) in [6.07, 6.45) is 3.38. The number of carbonyl (C=O) groups is 5. The second-order valence-electron chi connectivity index (χ2n) is 11.2. The molecule has 226 valence electrons. The van der Waals surface area contributed by atoms with Crippen molar-refractivity contribution in [3.05, 3.63) is 32.2 Å². The SMILES string of the molecule is COc1cc(C2C3=CCC4C(=O)N(CCCCCC(=O)O)C(=O)C4C3CC3(Cl)C(=O)N(C)C(=O)C23Cl)c(Br)c(Br)c1O. The molecule has 5 rings (SSSR count). The second kappa shape index (κ2) is 11.1.